The van der Waals surface area contributed by atoms with E-state index >= 15 is 0 Å². The molecule has 0 bridgehead atoms. The second-order valence-corrected chi connectivity index (χ2v) is 2.00. The SMILES string of the molecule is CC.CC1CCCN1.P.[HH]. The molecular weight excluding hydrogens is 129 g/mol. The lowest BCUT2D eigenvalue weighted by Gasteiger charge is -1.95. The van der Waals surface area contributed by atoms with Crippen molar-refractivity contribution in [3.8, 4) is 0 Å². The highest BCUT2D eigenvalue weighted by molar-refractivity contribution is 6.92. The van der Waals surface area contributed by atoms with E-state index in [4.69, 9.17) is 0 Å². The Hall–Kier alpha value is 0.390. The van der Waals surface area contributed by atoms with Crippen molar-refractivity contribution < 1.29 is 1.43 Å². The van der Waals surface area contributed by atoms with Gasteiger partial charge in [0.25, 0.3) is 0 Å². The van der Waals surface area contributed by atoms with E-state index in [1.807, 2.05) is 13.8 Å². The van der Waals surface area contributed by atoms with Crippen molar-refractivity contribution in [2.24, 2.45) is 0 Å². The van der Waals surface area contributed by atoms with Gasteiger partial charge in [-0.15, -0.1) is 0 Å². The molecule has 0 radical (unpaired) electrons. The van der Waals surface area contributed by atoms with E-state index in [2.05, 4.69) is 12.2 Å². The molecule has 0 aromatic rings. The summed E-state index contributed by atoms with van der Waals surface area (Å²) in [5, 5.41) is 3.32. The van der Waals surface area contributed by atoms with E-state index in [9.17, 15) is 0 Å². The minimum atomic E-state index is 0. The van der Waals surface area contributed by atoms with Crippen LogP contribution >= 0.6 is 9.90 Å². The van der Waals surface area contributed by atoms with E-state index in [-0.39, 0.29) is 11.3 Å². The highest BCUT2D eigenvalue weighted by Gasteiger charge is 2.05. The van der Waals surface area contributed by atoms with Gasteiger partial charge in [0.1, 0.15) is 0 Å². The standard InChI is InChI=1S/C5H11N.C2H6.H3P.H2/c1-5-3-2-4-6-5;1-2;;/h5-6H,2-4H2,1H3;1-2H3;1H3;1H. The molecule has 1 N–H and O–H groups in total. The van der Waals surface area contributed by atoms with Gasteiger partial charge in [0, 0.05) is 7.47 Å². The molecule has 9 heavy (non-hydrogen) atoms. The van der Waals surface area contributed by atoms with Crippen molar-refractivity contribution in [2.75, 3.05) is 6.54 Å². The zero-order valence-corrected chi connectivity index (χ0v) is 8.32. The molecule has 0 saturated carbocycles. The lowest BCUT2D eigenvalue weighted by molar-refractivity contribution is 0.664. The van der Waals surface area contributed by atoms with E-state index in [0.29, 0.717) is 0 Å². The molecule has 2 atom stereocenters. The molecule has 1 heterocycles. The van der Waals surface area contributed by atoms with Gasteiger partial charge in [-0.3, -0.25) is 0 Å². The Morgan fingerprint density at radius 2 is 2.00 bits per heavy atom. The van der Waals surface area contributed by atoms with Gasteiger partial charge in [0.15, 0.2) is 0 Å². The third-order valence-corrected chi connectivity index (χ3v) is 1.31. The van der Waals surface area contributed by atoms with Crippen molar-refractivity contribution in [2.45, 2.75) is 39.7 Å². The first-order chi connectivity index (χ1) is 3.89. The van der Waals surface area contributed by atoms with E-state index < -0.39 is 0 Å². The van der Waals surface area contributed by atoms with Crippen LogP contribution in [0.3, 0.4) is 0 Å². The minimum Gasteiger partial charge on any atom is -0.314 e. The number of hydrogen-bond donors (Lipinski definition) is 1. The zero-order valence-electron chi connectivity index (χ0n) is 6.91. The summed E-state index contributed by atoms with van der Waals surface area (Å²) in [5.41, 5.74) is 0. The second kappa shape index (κ2) is 8.39. The normalized spacial score (nSPS) is 23.7. The number of rotatable bonds is 0. The van der Waals surface area contributed by atoms with Gasteiger partial charge in [0.05, 0.1) is 0 Å². The van der Waals surface area contributed by atoms with Crippen molar-refractivity contribution in [3.63, 3.8) is 0 Å². The summed E-state index contributed by atoms with van der Waals surface area (Å²) in [5.74, 6) is 0. The van der Waals surface area contributed by atoms with Crippen LogP contribution in [-0.2, 0) is 0 Å². The van der Waals surface area contributed by atoms with Crippen molar-refractivity contribution in [3.05, 3.63) is 0 Å². The predicted molar refractivity (Wildman–Crippen MR) is 51.3 cm³/mol. The average molecular weight is 151 g/mol. The average Bonchev–Trinajstić information content (AvgIpc) is 2.24. The van der Waals surface area contributed by atoms with Crippen LogP contribution in [-0.4, -0.2) is 12.6 Å². The smallest absolute Gasteiger partial charge is 0.00391 e. The Morgan fingerprint density at radius 1 is 1.44 bits per heavy atom. The molecule has 1 fully saturated rings. The Labute approximate surface area is 63.7 Å². The first kappa shape index (κ1) is 12.1. The van der Waals surface area contributed by atoms with Gasteiger partial charge in [-0.1, -0.05) is 13.8 Å². The van der Waals surface area contributed by atoms with Crippen LogP contribution in [0.15, 0.2) is 0 Å². The maximum atomic E-state index is 3.32. The van der Waals surface area contributed by atoms with Crippen LogP contribution in [0.1, 0.15) is 35.0 Å². The van der Waals surface area contributed by atoms with Crippen LogP contribution in [0, 0.1) is 0 Å². The molecule has 1 aliphatic heterocycles. The van der Waals surface area contributed by atoms with Gasteiger partial charge in [-0.25, -0.2) is 0 Å². The summed E-state index contributed by atoms with van der Waals surface area (Å²) in [4.78, 5) is 0. The summed E-state index contributed by atoms with van der Waals surface area (Å²) in [6.45, 7) is 7.47. The van der Waals surface area contributed by atoms with Crippen LogP contribution < -0.4 is 5.32 Å². The van der Waals surface area contributed by atoms with Gasteiger partial charge in [-0.2, -0.15) is 9.90 Å². The maximum absolute atomic E-state index is 3.32. The molecule has 0 aromatic heterocycles. The zero-order chi connectivity index (χ0) is 6.41. The van der Waals surface area contributed by atoms with Crippen LogP contribution in [0.5, 0.6) is 0 Å². The predicted octanol–water partition coefficient (Wildman–Crippen LogP) is 2.09. The largest absolute Gasteiger partial charge is 0.314 e. The maximum Gasteiger partial charge on any atom is 0.00391 e. The number of hydrogen-bond acceptors (Lipinski definition) is 1. The summed E-state index contributed by atoms with van der Waals surface area (Å²) in [6.07, 6.45) is 2.75. The monoisotopic (exact) mass is 151 g/mol. The highest BCUT2D eigenvalue weighted by atomic mass is 31.0. The third-order valence-electron chi connectivity index (χ3n) is 1.31. The Bertz CT molecular complexity index is 46.9. The van der Waals surface area contributed by atoms with Gasteiger partial charge in [-0.05, 0) is 26.3 Å². The Kier molecular flexibility index (Phi) is 11.3. The second-order valence-electron chi connectivity index (χ2n) is 2.00. The first-order valence-electron chi connectivity index (χ1n) is 3.63. The molecule has 0 amide bonds. The molecule has 1 aliphatic rings. The highest BCUT2D eigenvalue weighted by Crippen LogP contribution is 2.01. The molecule has 2 heteroatoms. The van der Waals surface area contributed by atoms with Crippen molar-refractivity contribution in [1.29, 1.82) is 0 Å². The lowest BCUT2D eigenvalue weighted by atomic mass is 10.3. The van der Waals surface area contributed by atoms with E-state index in [1.54, 1.807) is 0 Å². The first-order valence-corrected chi connectivity index (χ1v) is 3.63. The summed E-state index contributed by atoms with van der Waals surface area (Å²) in [6, 6.07) is 0.796. The summed E-state index contributed by atoms with van der Waals surface area (Å²) >= 11 is 0. The molecule has 0 aromatic carbocycles. The van der Waals surface area contributed by atoms with Crippen LogP contribution in [0.25, 0.3) is 0 Å². The Balaban J connectivity index is -0.000000114. The fourth-order valence-corrected chi connectivity index (χ4v) is 0.859. The third kappa shape index (κ3) is 6.27. The molecule has 2 unspecified atom stereocenters. The molecular formula is C7H22NP. The van der Waals surface area contributed by atoms with Gasteiger partial charge in [0.2, 0.25) is 0 Å². The molecule has 0 aliphatic carbocycles. The summed E-state index contributed by atoms with van der Waals surface area (Å²) in [7, 11) is 0. The Morgan fingerprint density at radius 3 is 2.11 bits per heavy atom. The molecule has 0 spiro atoms. The molecule has 1 rings (SSSR count). The molecule has 1 nitrogen and oxygen atoms in total. The lowest BCUT2D eigenvalue weighted by Crippen LogP contribution is -2.16. The topological polar surface area (TPSA) is 12.0 Å². The number of nitrogens with one attached hydrogen (secondary N) is 1. The van der Waals surface area contributed by atoms with E-state index in [0.717, 1.165) is 6.04 Å². The molecule has 1 saturated heterocycles. The minimum absolute atomic E-state index is 0. The fourth-order valence-electron chi connectivity index (χ4n) is 0.859. The van der Waals surface area contributed by atoms with Crippen molar-refractivity contribution >= 4 is 9.90 Å². The quantitative estimate of drug-likeness (QED) is 0.523. The van der Waals surface area contributed by atoms with Crippen LogP contribution in [0.2, 0.25) is 0 Å². The molecule has 60 valence electrons. The van der Waals surface area contributed by atoms with Gasteiger partial charge < -0.3 is 5.32 Å². The van der Waals surface area contributed by atoms with Gasteiger partial charge >= 0.3 is 0 Å². The van der Waals surface area contributed by atoms with E-state index in [1.165, 1.54) is 19.4 Å². The fraction of sp³-hybridized carbons (Fsp3) is 1.00. The summed E-state index contributed by atoms with van der Waals surface area (Å²) < 4.78 is 0. The van der Waals surface area contributed by atoms with Crippen LogP contribution in [0.4, 0.5) is 0 Å². The van der Waals surface area contributed by atoms with Crippen molar-refractivity contribution in [1.82, 2.24) is 5.32 Å².